The average molecular weight is 183 g/mol. The van der Waals surface area contributed by atoms with Crippen molar-refractivity contribution in [1.29, 1.82) is 0 Å². The van der Waals surface area contributed by atoms with E-state index in [4.69, 9.17) is 5.73 Å². The fourth-order valence-electron chi connectivity index (χ4n) is 1.27. The maximum absolute atomic E-state index is 5.99. The Kier molecular flexibility index (Phi) is 4.33. The van der Waals surface area contributed by atoms with Crippen LogP contribution >= 0.6 is 11.3 Å². The third-order valence-corrected chi connectivity index (χ3v) is 2.79. The predicted molar refractivity (Wildman–Crippen MR) is 55.4 cm³/mol. The first-order valence-corrected chi connectivity index (χ1v) is 5.56. The molecular formula is C10H17NS. The van der Waals surface area contributed by atoms with Crippen molar-refractivity contribution < 1.29 is 0 Å². The lowest BCUT2D eigenvalue weighted by Gasteiger charge is -2.08. The molecule has 0 saturated carbocycles. The lowest BCUT2D eigenvalue weighted by atomic mass is 10.0. The minimum absolute atomic E-state index is 0.266. The quantitative estimate of drug-likeness (QED) is 0.696. The topological polar surface area (TPSA) is 26.0 Å². The lowest BCUT2D eigenvalue weighted by molar-refractivity contribution is 0.582. The second kappa shape index (κ2) is 5.33. The van der Waals surface area contributed by atoms with E-state index in [-0.39, 0.29) is 6.04 Å². The molecule has 1 aromatic rings. The molecule has 2 N–H and O–H groups in total. The van der Waals surface area contributed by atoms with Crippen LogP contribution in [0.5, 0.6) is 0 Å². The Hall–Kier alpha value is -0.340. The van der Waals surface area contributed by atoms with Crippen LogP contribution in [-0.2, 0) is 0 Å². The number of thiophene rings is 1. The van der Waals surface area contributed by atoms with E-state index in [1.165, 1.54) is 24.8 Å². The van der Waals surface area contributed by atoms with Gasteiger partial charge >= 0.3 is 0 Å². The van der Waals surface area contributed by atoms with Gasteiger partial charge in [-0.3, -0.25) is 0 Å². The highest BCUT2D eigenvalue weighted by Crippen LogP contribution is 2.19. The number of nitrogens with two attached hydrogens (primary N) is 1. The van der Waals surface area contributed by atoms with Gasteiger partial charge in [-0.1, -0.05) is 26.2 Å². The molecule has 0 unspecified atom stereocenters. The van der Waals surface area contributed by atoms with Gasteiger partial charge in [0.25, 0.3) is 0 Å². The Morgan fingerprint density at radius 3 is 2.92 bits per heavy atom. The van der Waals surface area contributed by atoms with E-state index in [1.807, 2.05) is 0 Å². The molecule has 68 valence electrons. The fourth-order valence-corrected chi connectivity index (χ4v) is 1.99. The summed E-state index contributed by atoms with van der Waals surface area (Å²) >= 11 is 1.73. The number of rotatable bonds is 5. The second-order valence-electron chi connectivity index (χ2n) is 3.16. The highest BCUT2D eigenvalue weighted by Gasteiger charge is 2.04. The van der Waals surface area contributed by atoms with Gasteiger partial charge in [0.1, 0.15) is 0 Å². The molecule has 0 radical (unpaired) electrons. The van der Waals surface area contributed by atoms with Gasteiger partial charge in [0.05, 0.1) is 0 Å². The van der Waals surface area contributed by atoms with E-state index < -0.39 is 0 Å². The Morgan fingerprint density at radius 2 is 2.33 bits per heavy atom. The zero-order valence-corrected chi connectivity index (χ0v) is 8.44. The summed E-state index contributed by atoms with van der Waals surface area (Å²) in [5, 5.41) is 4.24. The van der Waals surface area contributed by atoms with Gasteiger partial charge in [-0.15, -0.1) is 0 Å². The predicted octanol–water partition coefficient (Wildman–Crippen LogP) is 3.33. The molecule has 0 aliphatic carbocycles. The number of unbranched alkanes of at least 4 members (excludes halogenated alkanes) is 2. The first kappa shape index (κ1) is 9.75. The van der Waals surface area contributed by atoms with E-state index in [0.717, 1.165) is 6.42 Å². The monoisotopic (exact) mass is 183 g/mol. The highest BCUT2D eigenvalue weighted by molar-refractivity contribution is 7.07. The smallest absolute Gasteiger partial charge is 0.0303 e. The van der Waals surface area contributed by atoms with Gasteiger partial charge in [0.15, 0.2) is 0 Å². The van der Waals surface area contributed by atoms with E-state index in [2.05, 4.69) is 23.8 Å². The van der Waals surface area contributed by atoms with Crippen LogP contribution in [-0.4, -0.2) is 0 Å². The summed E-state index contributed by atoms with van der Waals surface area (Å²) in [7, 11) is 0. The molecule has 1 rings (SSSR count). The van der Waals surface area contributed by atoms with Crippen LogP contribution in [0.15, 0.2) is 16.8 Å². The molecule has 0 aliphatic heterocycles. The molecule has 2 heteroatoms. The molecule has 0 aliphatic rings. The largest absolute Gasteiger partial charge is 0.324 e. The molecule has 0 amide bonds. The molecular weight excluding hydrogens is 166 g/mol. The van der Waals surface area contributed by atoms with Gasteiger partial charge < -0.3 is 5.73 Å². The zero-order chi connectivity index (χ0) is 8.81. The molecule has 1 atom stereocenters. The maximum Gasteiger partial charge on any atom is 0.0303 e. The standard InChI is InChI=1S/C10H17NS/c1-2-3-4-5-10(11)9-6-7-12-8-9/h6-8,10H,2-5,11H2,1H3/t10-/m0/s1. The first-order chi connectivity index (χ1) is 5.84. The van der Waals surface area contributed by atoms with Crippen LogP contribution in [0.3, 0.4) is 0 Å². The molecule has 1 heterocycles. The Morgan fingerprint density at radius 1 is 1.50 bits per heavy atom. The first-order valence-electron chi connectivity index (χ1n) is 4.62. The molecule has 12 heavy (non-hydrogen) atoms. The summed E-state index contributed by atoms with van der Waals surface area (Å²) in [4.78, 5) is 0. The van der Waals surface area contributed by atoms with Crippen LogP contribution < -0.4 is 5.73 Å². The number of hydrogen-bond donors (Lipinski definition) is 1. The molecule has 0 saturated heterocycles. The molecule has 0 bridgehead atoms. The zero-order valence-electron chi connectivity index (χ0n) is 7.62. The van der Waals surface area contributed by atoms with E-state index in [9.17, 15) is 0 Å². The third-order valence-electron chi connectivity index (χ3n) is 2.09. The van der Waals surface area contributed by atoms with Crippen LogP contribution in [0.4, 0.5) is 0 Å². The highest BCUT2D eigenvalue weighted by atomic mass is 32.1. The minimum atomic E-state index is 0.266. The number of hydrogen-bond acceptors (Lipinski definition) is 2. The normalized spacial score (nSPS) is 13.2. The Balaban J connectivity index is 2.25. The minimum Gasteiger partial charge on any atom is -0.324 e. The van der Waals surface area contributed by atoms with E-state index >= 15 is 0 Å². The summed E-state index contributed by atoms with van der Waals surface area (Å²) in [5.74, 6) is 0. The van der Waals surface area contributed by atoms with Crippen LogP contribution in [0.1, 0.15) is 44.2 Å². The van der Waals surface area contributed by atoms with Crippen molar-refractivity contribution in [2.24, 2.45) is 5.73 Å². The van der Waals surface area contributed by atoms with Crippen molar-refractivity contribution in [3.05, 3.63) is 22.4 Å². The van der Waals surface area contributed by atoms with Gasteiger partial charge in [-0.25, -0.2) is 0 Å². The Labute approximate surface area is 78.6 Å². The van der Waals surface area contributed by atoms with Crippen LogP contribution in [0.25, 0.3) is 0 Å². The van der Waals surface area contributed by atoms with Gasteiger partial charge in [-0.05, 0) is 28.8 Å². The molecule has 0 spiro atoms. The summed E-state index contributed by atoms with van der Waals surface area (Å²) in [6.07, 6.45) is 4.96. The molecule has 0 fully saturated rings. The lowest BCUT2D eigenvalue weighted by Crippen LogP contribution is -2.08. The van der Waals surface area contributed by atoms with E-state index in [0.29, 0.717) is 0 Å². The maximum atomic E-state index is 5.99. The van der Waals surface area contributed by atoms with Crippen LogP contribution in [0, 0.1) is 0 Å². The summed E-state index contributed by atoms with van der Waals surface area (Å²) in [5.41, 5.74) is 7.29. The fraction of sp³-hybridized carbons (Fsp3) is 0.600. The van der Waals surface area contributed by atoms with Crippen molar-refractivity contribution in [3.8, 4) is 0 Å². The van der Waals surface area contributed by atoms with Crippen LogP contribution in [0.2, 0.25) is 0 Å². The average Bonchev–Trinajstić information content (AvgIpc) is 2.56. The van der Waals surface area contributed by atoms with Crippen molar-refractivity contribution in [1.82, 2.24) is 0 Å². The second-order valence-corrected chi connectivity index (χ2v) is 3.94. The van der Waals surface area contributed by atoms with Crippen molar-refractivity contribution in [2.45, 2.75) is 38.6 Å². The molecule has 1 nitrogen and oxygen atoms in total. The van der Waals surface area contributed by atoms with Crippen molar-refractivity contribution in [2.75, 3.05) is 0 Å². The van der Waals surface area contributed by atoms with Gasteiger partial charge in [0, 0.05) is 6.04 Å². The summed E-state index contributed by atoms with van der Waals surface area (Å²) in [6, 6.07) is 2.39. The third kappa shape index (κ3) is 2.95. The van der Waals surface area contributed by atoms with Crippen molar-refractivity contribution in [3.63, 3.8) is 0 Å². The molecule has 1 aromatic heterocycles. The van der Waals surface area contributed by atoms with Crippen molar-refractivity contribution >= 4 is 11.3 Å². The SMILES string of the molecule is CCCCC[C@H](N)c1ccsc1. The van der Waals surface area contributed by atoms with E-state index in [1.54, 1.807) is 11.3 Å². The summed E-state index contributed by atoms with van der Waals surface area (Å²) < 4.78 is 0. The summed E-state index contributed by atoms with van der Waals surface area (Å²) in [6.45, 7) is 2.22. The molecule has 0 aromatic carbocycles. The Bertz CT molecular complexity index is 194. The van der Waals surface area contributed by atoms with Gasteiger partial charge in [-0.2, -0.15) is 11.3 Å². The van der Waals surface area contributed by atoms with Gasteiger partial charge in [0.2, 0.25) is 0 Å².